The molecule has 0 spiro atoms. The summed E-state index contributed by atoms with van der Waals surface area (Å²) in [5, 5.41) is 2.95. The Morgan fingerprint density at radius 2 is 2.14 bits per heavy atom. The van der Waals surface area contributed by atoms with E-state index in [-0.39, 0.29) is 17.3 Å². The fourth-order valence-corrected chi connectivity index (χ4v) is 3.89. The van der Waals surface area contributed by atoms with Gasteiger partial charge >= 0.3 is 6.03 Å². The van der Waals surface area contributed by atoms with Crippen LogP contribution < -0.4 is 10.1 Å². The van der Waals surface area contributed by atoms with Crippen LogP contribution in [0.4, 0.5) is 4.79 Å². The molecule has 1 saturated heterocycles. The topological polar surface area (TPSA) is 58.6 Å². The van der Waals surface area contributed by atoms with Crippen molar-refractivity contribution in [3.63, 3.8) is 0 Å². The second kappa shape index (κ2) is 7.63. The summed E-state index contributed by atoms with van der Waals surface area (Å²) in [5.41, 5.74) is 0.957. The minimum absolute atomic E-state index is 0.00945. The fourth-order valence-electron chi connectivity index (χ4n) is 2.56. The van der Waals surface area contributed by atoms with E-state index in [1.807, 2.05) is 45.0 Å². The van der Waals surface area contributed by atoms with Crippen molar-refractivity contribution in [3.05, 3.63) is 29.8 Å². The van der Waals surface area contributed by atoms with Gasteiger partial charge in [-0.15, -0.1) is 0 Å². The number of nitrogens with one attached hydrogen (secondary N) is 1. The molecule has 1 aliphatic heterocycles. The van der Waals surface area contributed by atoms with Crippen LogP contribution >= 0.6 is 0 Å². The van der Waals surface area contributed by atoms with E-state index in [1.54, 1.807) is 4.90 Å². The number of ether oxygens (including phenoxy) is 1. The standard InChI is InChI=1S/C16H24N2O3S/c1-4-21-15-8-6-5-7-14(15)11-17-16(19)18-9-10-22(20)13(3)12(18)2/h5-8,12-13H,4,9-11H2,1-3H3,(H,17,19)/t12-,13+,22+/m0/s1. The summed E-state index contributed by atoms with van der Waals surface area (Å²) >= 11 is 0. The molecule has 5 nitrogen and oxygen atoms in total. The van der Waals surface area contributed by atoms with Crippen molar-refractivity contribution in [2.75, 3.05) is 18.9 Å². The van der Waals surface area contributed by atoms with E-state index in [9.17, 15) is 9.00 Å². The largest absolute Gasteiger partial charge is 0.494 e. The zero-order valence-corrected chi connectivity index (χ0v) is 14.2. The van der Waals surface area contributed by atoms with Gasteiger partial charge in [-0.3, -0.25) is 4.21 Å². The highest BCUT2D eigenvalue weighted by atomic mass is 32.2. The molecule has 1 aliphatic rings. The number of carbonyl (C=O) groups is 1. The SMILES string of the molecule is CCOc1ccccc1CNC(=O)N1CC[S@@](=O)[C@H](C)[C@@H]1C. The van der Waals surface area contributed by atoms with Crippen LogP contribution in [0.15, 0.2) is 24.3 Å². The number of rotatable bonds is 4. The quantitative estimate of drug-likeness (QED) is 0.923. The van der Waals surface area contributed by atoms with Crippen LogP contribution in [0.5, 0.6) is 5.75 Å². The molecular formula is C16H24N2O3S. The van der Waals surface area contributed by atoms with E-state index in [0.717, 1.165) is 11.3 Å². The fraction of sp³-hybridized carbons (Fsp3) is 0.562. The number of benzene rings is 1. The lowest BCUT2D eigenvalue weighted by Crippen LogP contribution is -2.55. The Morgan fingerprint density at radius 1 is 1.41 bits per heavy atom. The van der Waals surface area contributed by atoms with Gasteiger partial charge in [0.15, 0.2) is 0 Å². The van der Waals surface area contributed by atoms with Crippen molar-refractivity contribution in [2.45, 2.75) is 38.6 Å². The molecule has 0 aliphatic carbocycles. The Labute approximate surface area is 134 Å². The number of carbonyl (C=O) groups excluding carboxylic acids is 1. The van der Waals surface area contributed by atoms with Gasteiger partial charge in [0.1, 0.15) is 5.75 Å². The molecule has 1 N–H and O–H groups in total. The first-order chi connectivity index (χ1) is 10.5. The minimum Gasteiger partial charge on any atom is -0.494 e. The lowest BCUT2D eigenvalue weighted by molar-refractivity contribution is 0.179. The van der Waals surface area contributed by atoms with Gasteiger partial charge in [-0.05, 0) is 26.8 Å². The Kier molecular flexibility index (Phi) is 5.83. The van der Waals surface area contributed by atoms with Gasteiger partial charge in [-0.25, -0.2) is 4.79 Å². The molecule has 1 heterocycles. The average molecular weight is 324 g/mol. The monoisotopic (exact) mass is 324 g/mol. The molecular weight excluding hydrogens is 300 g/mol. The van der Waals surface area contributed by atoms with Crippen molar-refractivity contribution in [1.82, 2.24) is 10.2 Å². The summed E-state index contributed by atoms with van der Waals surface area (Å²) in [7, 11) is -0.840. The lowest BCUT2D eigenvalue weighted by atomic mass is 10.2. The lowest BCUT2D eigenvalue weighted by Gasteiger charge is -2.37. The predicted octanol–water partition coefficient (Wildman–Crippen LogP) is 2.14. The van der Waals surface area contributed by atoms with E-state index in [2.05, 4.69) is 5.32 Å². The third kappa shape index (κ3) is 3.80. The van der Waals surface area contributed by atoms with E-state index < -0.39 is 10.8 Å². The molecule has 1 fully saturated rings. The number of urea groups is 1. The van der Waals surface area contributed by atoms with Crippen LogP contribution in [0, 0.1) is 0 Å². The van der Waals surface area contributed by atoms with Gasteiger partial charge in [0.2, 0.25) is 0 Å². The van der Waals surface area contributed by atoms with E-state index in [0.29, 0.717) is 25.4 Å². The third-order valence-electron chi connectivity index (χ3n) is 4.08. The van der Waals surface area contributed by atoms with Gasteiger partial charge in [0.05, 0.1) is 11.9 Å². The summed E-state index contributed by atoms with van der Waals surface area (Å²) in [4.78, 5) is 14.2. The smallest absolute Gasteiger partial charge is 0.317 e. The zero-order valence-electron chi connectivity index (χ0n) is 13.4. The molecule has 0 bridgehead atoms. The number of amides is 2. The highest BCUT2D eigenvalue weighted by molar-refractivity contribution is 7.85. The van der Waals surface area contributed by atoms with Crippen LogP contribution in [0.2, 0.25) is 0 Å². The molecule has 1 aromatic rings. The molecule has 0 radical (unpaired) electrons. The van der Waals surface area contributed by atoms with Gasteiger partial charge in [-0.1, -0.05) is 18.2 Å². The molecule has 0 saturated carbocycles. The Morgan fingerprint density at radius 3 is 2.86 bits per heavy atom. The second-order valence-corrected chi connectivity index (χ2v) is 7.34. The summed E-state index contributed by atoms with van der Waals surface area (Å²) in [5.74, 6) is 1.35. The van der Waals surface area contributed by atoms with Crippen molar-refractivity contribution < 1.29 is 13.7 Å². The van der Waals surface area contributed by atoms with Crippen LogP contribution in [0.1, 0.15) is 26.3 Å². The molecule has 6 heteroatoms. The molecule has 3 atom stereocenters. The Balaban J connectivity index is 1.97. The molecule has 22 heavy (non-hydrogen) atoms. The van der Waals surface area contributed by atoms with Crippen molar-refractivity contribution in [1.29, 1.82) is 0 Å². The highest BCUT2D eigenvalue weighted by Gasteiger charge is 2.32. The van der Waals surface area contributed by atoms with Gasteiger partial charge in [-0.2, -0.15) is 0 Å². The summed E-state index contributed by atoms with van der Waals surface area (Å²) in [6.45, 7) is 7.39. The number of hydrogen-bond donors (Lipinski definition) is 1. The number of para-hydroxylation sites is 1. The molecule has 2 amide bonds. The summed E-state index contributed by atoms with van der Waals surface area (Å²) in [6.07, 6.45) is 0. The third-order valence-corrected chi connectivity index (χ3v) is 5.89. The van der Waals surface area contributed by atoms with Crippen molar-refractivity contribution in [3.8, 4) is 5.75 Å². The maximum absolute atomic E-state index is 12.4. The first kappa shape index (κ1) is 16.8. The predicted molar refractivity (Wildman–Crippen MR) is 88.5 cm³/mol. The van der Waals surface area contributed by atoms with Crippen LogP contribution in [-0.2, 0) is 17.3 Å². The summed E-state index contributed by atoms with van der Waals surface area (Å²) in [6, 6.07) is 7.57. The molecule has 0 aromatic heterocycles. The first-order valence-corrected chi connectivity index (χ1v) is 9.05. The highest BCUT2D eigenvalue weighted by Crippen LogP contribution is 2.19. The van der Waals surface area contributed by atoms with Crippen LogP contribution in [0.25, 0.3) is 0 Å². The average Bonchev–Trinajstić information content (AvgIpc) is 2.52. The molecule has 1 aromatic carbocycles. The first-order valence-electron chi connectivity index (χ1n) is 7.67. The number of nitrogens with zero attached hydrogens (tertiary/aromatic N) is 1. The van der Waals surface area contributed by atoms with Crippen LogP contribution in [0.3, 0.4) is 0 Å². The summed E-state index contributed by atoms with van der Waals surface area (Å²) < 4.78 is 17.4. The van der Waals surface area contributed by atoms with Gasteiger partial charge < -0.3 is 15.0 Å². The Bertz CT molecular complexity index is 550. The molecule has 122 valence electrons. The molecule has 0 unspecified atom stereocenters. The van der Waals surface area contributed by atoms with Crippen molar-refractivity contribution >= 4 is 16.8 Å². The van der Waals surface area contributed by atoms with E-state index >= 15 is 0 Å². The maximum Gasteiger partial charge on any atom is 0.317 e. The zero-order chi connectivity index (χ0) is 16.1. The molecule has 2 rings (SSSR count). The van der Waals surface area contributed by atoms with E-state index in [1.165, 1.54) is 0 Å². The van der Waals surface area contributed by atoms with Crippen molar-refractivity contribution in [2.24, 2.45) is 0 Å². The second-order valence-electron chi connectivity index (χ2n) is 5.42. The van der Waals surface area contributed by atoms with Gasteiger partial charge in [0.25, 0.3) is 0 Å². The maximum atomic E-state index is 12.4. The number of hydrogen-bond acceptors (Lipinski definition) is 3. The van der Waals surface area contributed by atoms with E-state index in [4.69, 9.17) is 4.74 Å². The Hall–Kier alpha value is -1.56. The van der Waals surface area contributed by atoms with Gasteiger partial charge in [0, 0.05) is 41.2 Å². The minimum atomic E-state index is -0.840. The normalized spacial score (nSPS) is 24.9. The van der Waals surface area contributed by atoms with Crippen LogP contribution in [-0.4, -0.2) is 45.3 Å².